The summed E-state index contributed by atoms with van der Waals surface area (Å²) in [6.07, 6.45) is 2.24. The number of sulfonamides is 1. The van der Waals surface area contributed by atoms with Crippen molar-refractivity contribution in [3.63, 3.8) is 0 Å². The van der Waals surface area contributed by atoms with E-state index in [2.05, 4.69) is 0 Å². The first-order valence-electron chi connectivity index (χ1n) is 9.36. The van der Waals surface area contributed by atoms with Crippen molar-refractivity contribution in [3.8, 4) is 0 Å². The quantitative estimate of drug-likeness (QED) is 0.569. The predicted octanol–water partition coefficient (Wildman–Crippen LogP) is 1.78. The van der Waals surface area contributed by atoms with E-state index in [4.69, 9.17) is 4.74 Å². The van der Waals surface area contributed by atoms with Crippen LogP contribution < -0.4 is 0 Å². The first-order chi connectivity index (χ1) is 12.9. The smallest absolute Gasteiger partial charge is 0.262 e. The molecule has 1 aromatic rings. The van der Waals surface area contributed by atoms with E-state index in [-0.39, 0.29) is 31.4 Å². The van der Waals surface area contributed by atoms with Gasteiger partial charge in [0.25, 0.3) is 5.91 Å². The molecule has 1 aliphatic rings. The third-order valence-corrected chi connectivity index (χ3v) is 6.36. The van der Waals surface area contributed by atoms with E-state index in [0.717, 1.165) is 16.3 Å². The number of hydrogen-bond acceptors (Lipinski definition) is 5. The Morgan fingerprint density at radius 2 is 2.00 bits per heavy atom. The summed E-state index contributed by atoms with van der Waals surface area (Å²) in [4.78, 5) is 25.9. The summed E-state index contributed by atoms with van der Waals surface area (Å²) in [6, 6.07) is 9.39. The average Bonchev–Trinajstić information content (AvgIpc) is 3.04. The molecule has 0 aromatic heterocycles. The average molecular weight is 397 g/mol. The maximum Gasteiger partial charge on any atom is 0.262 e. The van der Waals surface area contributed by atoms with Crippen molar-refractivity contribution >= 4 is 21.8 Å². The molecule has 0 spiro atoms. The van der Waals surface area contributed by atoms with Gasteiger partial charge in [0.15, 0.2) is 0 Å². The van der Waals surface area contributed by atoms with Crippen LogP contribution in [0.3, 0.4) is 0 Å². The molecule has 150 valence electrons. The summed E-state index contributed by atoms with van der Waals surface area (Å²) in [7, 11) is -3.68. The van der Waals surface area contributed by atoms with Gasteiger partial charge in [-0.15, -0.1) is 0 Å². The Bertz CT molecular complexity index is 721. The van der Waals surface area contributed by atoms with Crippen LogP contribution in [0.25, 0.3) is 0 Å². The zero-order valence-corrected chi connectivity index (χ0v) is 16.6. The number of amides is 2. The standard InChI is InChI=1S/C19H28N2O5S/c1-2-14-27(24,25)21(13-7-12-20-11-6-10-18(20)22)19(23)16-26-15-17-8-4-3-5-9-17/h3-5,8-9H,2,6-7,10-16H2,1H3. The molecular weight excluding hydrogens is 368 g/mol. The molecule has 1 aliphatic heterocycles. The molecule has 0 saturated carbocycles. The SMILES string of the molecule is CCCS(=O)(=O)N(CCCN1CCCC1=O)C(=O)COCc1ccccc1. The zero-order chi connectivity index (χ0) is 19.7. The summed E-state index contributed by atoms with van der Waals surface area (Å²) in [5.41, 5.74) is 0.917. The summed E-state index contributed by atoms with van der Waals surface area (Å²) in [5, 5.41) is 0. The van der Waals surface area contributed by atoms with Crippen LogP contribution in [-0.2, 0) is 31.0 Å². The number of likely N-dealkylation sites (tertiary alicyclic amines) is 1. The van der Waals surface area contributed by atoms with Crippen molar-refractivity contribution in [2.45, 2.75) is 39.2 Å². The summed E-state index contributed by atoms with van der Waals surface area (Å²) in [5.74, 6) is -0.553. The summed E-state index contributed by atoms with van der Waals surface area (Å²) in [6.45, 7) is 2.95. The van der Waals surface area contributed by atoms with Gasteiger partial charge < -0.3 is 9.64 Å². The van der Waals surface area contributed by atoms with Gasteiger partial charge in [-0.1, -0.05) is 37.3 Å². The van der Waals surface area contributed by atoms with E-state index in [1.165, 1.54) is 0 Å². The molecular formula is C19H28N2O5S. The summed E-state index contributed by atoms with van der Waals surface area (Å²) < 4.78 is 31.3. The lowest BCUT2D eigenvalue weighted by atomic mass is 10.2. The number of carbonyl (C=O) groups is 2. The first-order valence-corrected chi connectivity index (χ1v) is 11.0. The van der Waals surface area contributed by atoms with Crippen LogP contribution in [0.5, 0.6) is 0 Å². The molecule has 1 saturated heterocycles. The fourth-order valence-electron chi connectivity index (χ4n) is 3.04. The molecule has 7 nitrogen and oxygen atoms in total. The van der Waals surface area contributed by atoms with Crippen LogP contribution >= 0.6 is 0 Å². The van der Waals surface area contributed by atoms with E-state index < -0.39 is 15.9 Å². The molecule has 0 radical (unpaired) electrons. The fourth-order valence-corrected chi connectivity index (χ4v) is 4.54. The van der Waals surface area contributed by atoms with E-state index in [1.807, 2.05) is 30.3 Å². The molecule has 1 heterocycles. The van der Waals surface area contributed by atoms with Gasteiger partial charge in [-0.05, 0) is 24.8 Å². The van der Waals surface area contributed by atoms with E-state index in [9.17, 15) is 18.0 Å². The Labute approximate surface area is 161 Å². The highest BCUT2D eigenvalue weighted by molar-refractivity contribution is 7.89. The van der Waals surface area contributed by atoms with Gasteiger partial charge >= 0.3 is 0 Å². The lowest BCUT2D eigenvalue weighted by Gasteiger charge is -2.24. The largest absolute Gasteiger partial charge is 0.367 e. The molecule has 1 fully saturated rings. The maximum absolute atomic E-state index is 12.5. The molecule has 2 amide bonds. The van der Waals surface area contributed by atoms with Crippen molar-refractivity contribution in [2.24, 2.45) is 0 Å². The van der Waals surface area contributed by atoms with Crippen LogP contribution in [0, 0.1) is 0 Å². The van der Waals surface area contributed by atoms with Crippen molar-refractivity contribution in [3.05, 3.63) is 35.9 Å². The Kier molecular flexibility index (Phi) is 8.24. The molecule has 2 rings (SSSR count). The number of hydrogen-bond donors (Lipinski definition) is 0. The van der Waals surface area contributed by atoms with Crippen LogP contribution in [0.15, 0.2) is 30.3 Å². The Balaban J connectivity index is 1.90. The normalized spacial score (nSPS) is 14.6. The van der Waals surface area contributed by atoms with Gasteiger partial charge in [0.05, 0.1) is 12.4 Å². The van der Waals surface area contributed by atoms with Crippen molar-refractivity contribution < 1.29 is 22.7 Å². The van der Waals surface area contributed by atoms with E-state index in [1.54, 1.807) is 11.8 Å². The molecule has 8 heteroatoms. The second-order valence-electron chi connectivity index (χ2n) is 6.60. The van der Waals surface area contributed by atoms with Crippen LogP contribution in [0.1, 0.15) is 38.2 Å². The highest BCUT2D eigenvalue weighted by Crippen LogP contribution is 2.12. The second-order valence-corrected chi connectivity index (χ2v) is 8.61. The molecule has 0 unspecified atom stereocenters. The molecule has 0 N–H and O–H groups in total. The number of rotatable bonds is 11. The molecule has 0 bridgehead atoms. The maximum atomic E-state index is 12.5. The van der Waals surface area contributed by atoms with Gasteiger partial charge in [0.1, 0.15) is 6.61 Å². The minimum Gasteiger partial charge on any atom is -0.367 e. The number of benzene rings is 1. The molecule has 0 aliphatic carbocycles. The molecule has 1 aromatic carbocycles. The van der Waals surface area contributed by atoms with E-state index in [0.29, 0.717) is 32.4 Å². The van der Waals surface area contributed by atoms with Crippen LogP contribution in [0.2, 0.25) is 0 Å². The Morgan fingerprint density at radius 1 is 1.26 bits per heavy atom. The van der Waals surface area contributed by atoms with Gasteiger partial charge in [-0.3, -0.25) is 9.59 Å². The lowest BCUT2D eigenvalue weighted by Crippen LogP contribution is -2.42. The van der Waals surface area contributed by atoms with Crippen LogP contribution in [-0.4, -0.2) is 61.4 Å². The van der Waals surface area contributed by atoms with Gasteiger partial charge in [-0.2, -0.15) is 0 Å². The molecule has 0 atom stereocenters. The van der Waals surface area contributed by atoms with Gasteiger partial charge in [0.2, 0.25) is 15.9 Å². The fraction of sp³-hybridized carbons (Fsp3) is 0.579. The first kappa shape index (κ1) is 21.4. The predicted molar refractivity (Wildman–Crippen MR) is 102 cm³/mol. The van der Waals surface area contributed by atoms with Crippen molar-refractivity contribution in [1.29, 1.82) is 0 Å². The zero-order valence-electron chi connectivity index (χ0n) is 15.8. The van der Waals surface area contributed by atoms with Gasteiger partial charge in [-0.25, -0.2) is 12.7 Å². The number of nitrogens with zero attached hydrogens (tertiary/aromatic N) is 2. The number of ether oxygens (including phenoxy) is 1. The van der Waals surface area contributed by atoms with Crippen LogP contribution in [0.4, 0.5) is 0 Å². The third-order valence-electron chi connectivity index (χ3n) is 4.37. The Morgan fingerprint density at radius 3 is 2.63 bits per heavy atom. The molecule has 27 heavy (non-hydrogen) atoms. The highest BCUT2D eigenvalue weighted by Gasteiger charge is 2.27. The lowest BCUT2D eigenvalue weighted by molar-refractivity contribution is -0.131. The Hall–Kier alpha value is -1.93. The monoisotopic (exact) mass is 396 g/mol. The van der Waals surface area contributed by atoms with E-state index >= 15 is 0 Å². The van der Waals surface area contributed by atoms with Crippen molar-refractivity contribution in [2.75, 3.05) is 32.0 Å². The third kappa shape index (κ3) is 6.62. The minimum absolute atomic E-state index is 0.0691. The minimum atomic E-state index is -3.68. The summed E-state index contributed by atoms with van der Waals surface area (Å²) >= 11 is 0. The van der Waals surface area contributed by atoms with Gasteiger partial charge in [0, 0.05) is 26.1 Å². The number of carbonyl (C=O) groups excluding carboxylic acids is 2. The second kappa shape index (κ2) is 10.4. The highest BCUT2D eigenvalue weighted by atomic mass is 32.2. The topological polar surface area (TPSA) is 84.0 Å². The van der Waals surface area contributed by atoms with Crippen molar-refractivity contribution in [1.82, 2.24) is 9.21 Å².